The topological polar surface area (TPSA) is 99.3 Å². The lowest BCUT2D eigenvalue weighted by atomic mass is 9.98. The Hall–Kier alpha value is -2.71. The van der Waals surface area contributed by atoms with Crippen molar-refractivity contribution < 1.29 is 13.2 Å². The molecule has 168 valence electrons. The average molecular weight is 454 g/mol. The quantitative estimate of drug-likeness (QED) is 0.703. The lowest BCUT2D eigenvalue weighted by Gasteiger charge is -2.17. The summed E-state index contributed by atoms with van der Waals surface area (Å²) in [7, 11) is -3.49. The first-order valence-electron chi connectivity index (χ1n) is 11.3. The van der Waals surface area contributed by atoms with Crippen LogP contribution in [0.1, 0.15) is 61.3 Å². The normalized spacial score (nSPS) is 22.3. The Labute approximate surface area is 187 Å². The monoisotopic (exact) mass is 453 g/mol. The summed E-state index contributed by atoms with van der Waals surface area (Å²) in [5.41, 5.74) is 2.97. The van der Waals surface area contributed by atoms with E-state index >= 15 is 0 Å². The molecule has 0 bridgehead atoms. The Morgan fingerprint density at radius 3 is 2.28 bits per heavy atom. The highest BCUT2D eigenvalue weighted by Crippen LogP contribution is 2.38. The number of hydrogen-bond acceptors (Lipinski definition) is 4. The molecule has 3 heterocycles. The Morgan fingerprint density at radius 2 is 1.69 bits per heavy atom. The van der Waals surface area contributed by atoms with Crippen LogP contribution in [-0.2, 0) is 14.8 Å². The van der Waals surface area contributed by atoms with Gasteiger partial charge in [0.05, 0.1) is 4.90 Å². The summed E-state index contributed by atoms with van der Waals surface area (Å²) in [5, 5.41) is 2.94. The first-order chi connectivity index (χ1) is 15.4. The third kappa shape index (κ3) is 4.17. The van der Waals surface area contributed by atoms with Gasteiger partial charge in [0.1, 0.15) is 0 Å². The van der Waals surface area contributed by atoms with Gasteiger partial charge in [-0.05, 0) is 61.8 Å². The van der Waals surface area contributed by atoms with Crippen molar-refractivity contribution in [3.8, 4) is 0 Å². The van der Waals surface area contributed by atoms with E-state index < -0.39 is 10.0 Å². The van der Waals surface area contributed by atoms with Crippen LogP contribution in [0.25, 0.3) is 5.57 Å². The fourth-order valence-corrected chi connectivity index (χ4v) is 6.06. The van der Waals surface area contributed by atoms with Crippen LogP contribution < -0.4 is 10.9 Å². The van der Waals surface area contributed by atoms with Crippen molar-refractivity contribution >= 4 is 21.5 Å². The second-order valence-corrected chi connectivity index (χ2v) is 10.8. The third-order valence-corrected chi connectivity index (χ3v) is 8.42. The van der Waals surface area contributed by atoms with E-state index in [-0.39, 0.29) is 22.4 Å². The highest BCUT2D eigenvalue weighted by molar-refractivity contribution is 7.89. The van der Waals surface area contributed by atoms with Gasteiger partial charge >= 0.3 is 0 Å². The molecule has 2 aromatic rings. The van der Waals surface area contributed by atoms with E-state index in [0.29, 0.717) is 37.5 Å². The van der Waals surface area contributed by atoms with Crippen molar-refractivity contribution in [3.05, 3.63) is 69.6 Å². The van der Waals surface area contributed by atoms with E-state index in [1.807, 2.05) is 18.2 Å². The van der Waals surface area contributed by atoms with Gasteiger partial charge in [-0.2, -0.15) is 4.31 Å². The molecule has 1 atom stereocenters. The number of pyridine rings is 1. The van der Waals surface area contributed by atoms with Crippen molar-refractivity contribution in [2.75, 3.05) is 13.1 Å². The lowest BCUT2D eigenvalue weighted by molar-refractivity contribution is -0.119. The molecule has 0 radical (unpaired) electrons. The number of sulfonamides is 1. The second-order valence-electron chi connectivity index (χ2n) is 8.86. The lowest BCUT2D eigenvalue weighted by Crippen LogP contribution is -2.27. The van der Waals surface area contributed by atoms with Crippen molar-refractivity contribution in [2.24, 2.45) is 0 Å². The molecule has 5 rings (SSSR count). The SMILES string of the molecule is O=C1CC[C@H](/C=C(\c2ccc(S(=O)(=O)N3CCCC3)cc2)c2ccc(C3CC3)c(=O)[nH]2)N1. The van der Waals surface area contributed by atoms with Gasteiger partial charge < -0.3 is 10.3 Å². The number of nitrogens with one attached hydrogen (secondary N) is 2. The van der Waals surface area contributed by atoms with Gasteiger partial charge in [0.2, 0.25) is 15.9 Å². The first kappa shape index (κ1) is 21.2. The summed E-state index contributed by atoms with van der Waals surface area (Å²) in [6.07, 6.45) is 6.99. The summed E-state index contributed by atoms with van der Waals surface area (Å²) in [5.74, 6) is 0.361. The molecule has 1 aliphatic carbocycles. The first-order valence-corrected chi connectivity index (χ1v) is 12.7. The number of aromatic nitrogens is 1. The number of H-pyrrole nitrogens is 1. The van der Waals surface area contributed by atoms with E-state index in [0.717, 1.165) is 42.4 Å². The Bertz CT molecular complexity index is 1220. The van der Waals surface area contributed by atoms with Crippen LogP contribution in [0, 0.1) is 0 Å². The van der Waals surface area contributed by atoms with E-state index in [1.165, 1.54) is 4.31 Å². The molecule has 1 saturated carbocycles. The molecular weight excluding hydrogens is 426 g/mol. The molecular formula is C24H27N3O4S. The minimum atomic E-state index is -3.49. The van der Waals surface area contributed by atoms with E-state index in [9.17, 15) is 18.0 Å². The maximum absolute atomic E-state index is 12.9. The molecule has 8 heteroatoms. The number of amides is 1. The largest absolute Gasteiger partial charge is 0.350 e. The van der Waals surface area contributed by atoms with Gasteiger partial charge in [0.15, 0.2) is 0 Å². The molecule has 1 aromatic heterocycles. The average Bonchev–Trinajstić information content (AvgIpc) is 3.29. The van der Waals surface area contributed by atoms with Gasteiger partial charge in [0, 0.05) is 42.4 Å². The fourth-order valence-electron chi connectivity index (χ4n) is 4.55. The Morgan fingerprint density at radius 1 is 0.969 bits per heavy atom. The number of rotatable bonds is 6. The van der Waals surface area contributed by atoms with Crippen molar-refractivity contribution in [1.82, 2.24) is 14.6 Å². The zero-order chi connectivity index (χ0) is 22.3. The zero-order valence-electron chi connectivity index (χ0n) is 17.8. The Balaban J connectivity index is 1.50. The van der Waals surface area contributed by atoms with Gasteiger partial charge in [-0.15, -0.1) is 0 Å². The number of carbonyl (C=O) groups excluding carboxylic acids is 1. The predicted octanol–water partition coefficient (Wildman–Crippen LogP) is 2.75. The zero-order valence-corrected chi connectivity index (χ0v) is 18.7. The number of carbonyl (C=O) groups is 1. The summed E-state index contributed by atoms with van der Waals surface area (Å²) < 4.78 is 27.3. The number of nitrogens with zero attached hydrogens (tertiary/aromatic N) is 1. The molecule has 2 aliphatic heterocycles. The van der Waals surface area contributed by atoms with Gasteiger partial charge in [-0.3, -0.25) is 9.59 Å². The van der Waals surface area contributed by atoms with Crippen molar-refractivity contribution in [3.63, 3.8) is 0 Å². The van der Waals surface area contributed by atoms with E-state index in [4.69, 9.17) is 0 Å². The number of aromatic amines is 1. The fraction of sp³-hybridized carbons (Fsp3) is 0.417. The summed E-state index contributed by atoms with van der Waals surface area (Å²) in [4.78, 5) is 27.6. The predicted molar refractivity (Wildman–Crippen MR) is 122 cm³/mol. The molecule has 1 aromatic carbocycles. The molecule has 0 unspecified atom stereocenters. The highest BCUT2D eigenvalue weighted by Gasteiger charge is 2.28. The maximum Gasteiger partial charge on any atom is 0.251 e. The highest BCUT2D eigenvalue weighted by atomic mass is 32.2. The molecule has 7 nitrogen and oxygen atoms in total. The van der Waals surface area contributed by atoms with Gasteiger partial charge in [0.25, 0.3) is 5.56 Å². The van der Waals surface area contributed by atoms with Crippen LogP contribution in [0.3, 0.4) is 0 Å². The number of benzene rings is 1. The smallest absolute Gasteiger partial charge is 0.251 e. The van der Waals surface area contributed by atoms with E-state index in [2.05, 4.69) is 10.3 Å². The standard InChI is InChI=1S/C24H27N3O4S/c28-23-12-7-18(25-23)15-21(22-11-10-20(16-3-4-16)24(29)26-22)17-5-8-19(9-6-17)32(30,31)27-13-1-2-14-27/h5-6,8-11,15-16,18H,1-4,7,12-14H2,(H,25,28)(H,26,29)/b21-15+/t18-/m1/s1. The molecule has 1 amide bonds. The minimum absolute atomic E-state index is 0.00947. The van der Waals surface area contributed by atoms with Crippen molar-refractivity contribution in [2.45, 2.75) is 55.4 Å². The molecule has 3 aliphatic rings. The van der Waals surface area contributed by atoms with Crippen LogP contribution in [0.4, 0.5) is 0 Å². The maximum atomic E-state index is 12.9. The molecule has 2 saturated heterocycles. The van der Waals surface area contributed by atoms with Crippen LogP contribution >= 0.6 is 0 Å². The second kappa shape index (κ2) is 8.33. The van der Waals surface area contributed by atoms with Crippen LogP contribution in [0.5, 0.6) is 0 Å². The minimum Gasteiger partial charge on any atom is -0.350 e. The molecule has 32 heavy (non-hydrogen) atoms. The molecule has 0 spiro atoms. The summed E-state index contributed by atoms with van der Waals surface area (Å²) in [6.45, 7) is 1.12. The third-order valence-electron chi connectivity index (χ3n) is 6.51. The molecule has 2 N–H and O–H groups in total. The van der Waals surface area contributed by atoms with Gasteiger partial charge in [-0.25, -0.2) is 8.42 Å². The van der Waals surface area contributed by atoms with Crippen LogP contribution in [-0.4, -0.2) is 42.7 Å². The van der Waals surface area contributed by atoms with Crippen LogP contribution in [0.2, 0.25) is 0 Å². The summed E-state index contributed by atoms with van der Waals surface area (Å²) in [6, 6.07) is 10.5. The van der Waals surface area contributed by atoms with Gasteiger partial charge in [-0.1, -0.05) is 24.3 Å². The van der Waals surface area contributed by atoms with E-state index in [1.54, 1.807) is 24.3 Å². The van der Waals surface area contributed by atoms with Crippen LogP contribution in [0.15, 0.2) is 52.2 Å². The Kier molecular flexibility index (Phi) is 5.51. The van der Waals surface area contributed by atoms with Crippen molar-refractivity contribution in [1.29, 1.82) is 0 Å². The molecule has 3 fully saturated rings. The summed E-state index contributed by atoms with van der Waals surface area (Å²) >= 11 is 0. The number of hydrogen-bond donors (Lipinski definition) is 2.